The van der Waals surface area contributed by atoms with E-state index in [0.717, 1.165) is 56.6 Å². The Hall–Kier alpha value is -1.92. The van der Waals surface area contributed by atoms with Gasteiger partial charge in [-0.25, -0.2) is 0 Å². The third-order valence-corrected chi connectivity index (χ3v) is 5.59. The van der Waals surface area contributed by atoms with Crippen LogP contribution < -0.4 is 4.74 Å². The number of hydrogen-bond donors (Lipinski definition) is 0. The highest BCUT2D eigenvalue weighted by molar-refractivity contribution is 5.27. The average molecular weight is 356 g/mol. The average Bonchev–Trinajstić information content (AvgIpc) is 3.43. The van der Waals surface area contributed by atoms with Crippen molar-refractivity contribution in [1.29, 1.82) is 0 Å². The highest BCUT2D eigenvalue weighted by Crippen LogP contribution is 2.38. The number of piperazine rings is 1. The van der Waals surface area contributed by atoms with Crippen LogP contribution in [-0.4, -0.2) is 59.8 Å². The number of ether oxygens (including phenoxy) is 1. The van der Waals surface area contributed by atoms with Gasteiger partial charge in [-0.3, -0.25) is 4.90 Å². The quantitative estimate of drug-likeness (QED) is 0.760. The summed E-state index contributed by atoms with van der Waals surface area (Å²) in [4.78, 5) is 9.60. The Morgan fingerprint density at radius 1 is 1.15 bits per heavy atom. The smallest absolute Gasteiger partial charge is 0.243 e. The molecule has 6 nitrogen and oxygen atoms in total. The monoisotopic (exact) mass is 356 g/mol. The SMILES string of the molecule is COc1ccc(CCN2CCN(C(C)c3nc(C4CC4)no3)CC2)cc1. The molecule has 1 aliphatic heterocycles. The van der Waals surface area contributed by atoms with Crippen LogP contribution in [0.4, 0.5) is 0 Å². The molecule has 1 unspecified atom stereocenters. The molecule has 2 aliphatic rings. The Labute approximate surface area is 155 Å². The number of rotatable bonds is 7. The lowest BCUT2D eigenvalue weighted by atomic mass is 10.1. The third kappa shape index (κ3) is 4.07. The first-order valence-corrected chi connectivity index (χ1v) is 9.66. The minimum atomic E-state index is 0.207. The van der Waals surface area contributed by atoms with Crippen molar-refractivity contribution in [3.05, 3.63) is 41.5 Å². The summed E-state index contributed by atoms with van der Waals surface area (Å²) < 4.78 is 10.7. The van der Waals surface area contributed by atoms with E-state index in [0.29, 0.717) is 5.92 Å². The molecule has 2 fully saturated rings. The molecule has 1 aliphatic carbocycles. The molecule has 140 valence electrons. The largest absolute Gasteiger partial charge is 0.497 e. The molecule has 0 amide bonds. The molecule has 2 heterocycles. The van der Waals surface area contributed by atoms with Gasteiger partial charge >= 0.3 is 0 Å². The van der Waals surface area contributed by atoms with Crippen molar-refractivity contribution in [3.63, 3.8) is 0 Å². The molecule has 0 N–H and O–H groups in total. The van der Waals surface area contributed by atoms with Gasteiger partial charge in [-0.05, 0) is 43.9 Å². The fraction of sp³-hybridized carbons (Fsp3) is 0.600. The van der Waals surface area contributed by atoms with E-state index < -0.39 is 0 Å². The second-order valence-corrected chi connectivity index (χ2v) is 7.42. The summed E-state index contributed by atoms with van der Waals surface area (Å²) in [6.07, 6.45) is 3.49. The van der Waals surface area contributed by atoms with Gasteiger partial charge in [0.1, 0.15) is 5.75 Å². The van der Waals surface area contributed by atoms with Gasteiger partial charge in [0.2, 0.25) is 5.89 Å². The maximum atomic E-state index is 5.51. The van der Waals surface area contributed by atoms with Gasteiger partial charge in [0, 0.05) is 38.6 Å². The molecule has 0 spiro atoms. The van der Waals surface area contributed by atoms with Crippen molar-refractivity contribution in [2.24, 2.45) is 0 Å². The zero-order chi connectivity index (χ0) is 17.9. The molecule has 0 radical (unpaired) electrons. The van der Waals surface area contributed by atoms with Crippen molar-refractivity contribution >= 4 is 0 Å². The van der Waals surface area contributed by atoms with E-state index in [1.54, 1.807) is 7.11 Å². The lowest BCUT2D eigenvalue weighted by Crippen LogP contribution is -2.47. The van der Waals surface area contributed by atoms with Crippen LogP contribution in [0, 0.1) is 0 Å². The zero-order valence-corrected chi connectivity index (χ0v) is 15.7. The molecule has 26 heavy (non-hydrogen) atoms. The van der Waals surface area contributed by atoms with Crippen LogP contribution in [0.5, 0.6) is 5.75 Å². The predicted octanol–water partition coefficient (Wildman–Crippen LogP) is 2.88. The normalized spacial score (nSPS) is 20.2. The lowest BCUT2D eigenvalue weighted by Gasteiger charge is -2.36. The van der Waals surface area contributed by atoms with E-state index in [2.05, 4.69) is 39.0 Å². The summed E-state index contributed by atoms with van der Waals surface area (Å²) in [5.41, 5.74) is 1.36. The molecule has 2 aromatic rings. The Morgan fingerprint density at radius 3 is 2.54 bits per heavy atom. The molecular weight excluding hydrogens is 328 g/mol. The van der Waals surface area contributed by atoms with E-state index in [4.69, 9.17) is 9.26 Å². The van der Waals surface area contributed by atoms with Crippen molar-refractivity contribution in [2.45, 2.75) is 38.1 Å². The van der Waals surface area contributed by atoms with Crippen LogP contribution in [0.15, 0.2) is 28.8 Å². The standard InChI is InChI=1S/C20H28N4O2/c1-15(20-21-19(22-26-20)17-5-6-17)24-13-11-23(12-14-24)10-9-16-3-7-18(25-2)8-4-16/h3-4,7-8,15,17H,5-6,9-14H2,1-2H3. The number of aromatic nitrogens is 2. The van der Waals surface area contributed by atoms with Crippen molar-refractivity contribution < 1.29 is 9.26 Å². The maximum absolute atomic E-state index is 5.51. The van der Waals surface area contributed by atoms with E-state index in [9.17, 15) is 0 Å². The van der Waals surface area contributed by atoms with E-state index in [1.165, 1.54) is 18.4 Å². The predicted molar refractivity (Wildman–Crippen MR) is 99.4 cm³/mol. The van der Waals surface area contributed by atoms with Crippen LogP contribution in [0.1, 0.15) is 49.0 Å². The molecule has 4 rings (SSSR count). The second-order valence-electron chi connectivity index (χ2n) is 7.42. The molecule has 0 bridgehead atoms. The van der Waals surface area contributed by atoms with Crippen molar-refractivity contribution in [3.8, 4) is 5.75 Å². The summed E-state index contributed by atoms with van der Waals surface area (Å²) in [6.45, 7) is 7.54. The maximum Gasteiger partial charge on any atom is 0.243 e. The number of benzene rings is 1. The Kier molecular flexibility index (Phi) is 5.22. The van der Waals surface area contributed by atoms with Gasteiger partial charge in [0.15, 0.2) is 5.82 Å². The zero-order valence-electron chi connectivity index (χ0n) is 15.7. The molecule has 1 aromatic carbocycles. The third-order valence-electron chi connectivity index (χ3n) is 5.59. The highest BCUT2D eigenvalue weighted by atomic mass is 16.5. The Balaban J connectivity index is 1.23. The fourth-order valence-electron chi connectivity index (χ4n) is 3.53. The van der Waals surface area contributed by atoms with E-state index in [1.807, 2.05) is 12.1 Å². The molecule has 1 saturated heterocycles. The molecular formula is C20H28N4O2. The summed E-state index contributed by atoms with van der Waals surface area (Å²) in [6, 6.07) is 8.59. The summed E-state index contributed by atoms with van der Waals surface area (Å²) in [7, 11) is 1.70. The van der Waals surface area contributed by atoms with Crippen molar-refractivity contribution in [1.82, 2.24) is 19.9 Å². The first-order chi connectivity index (χ1) is 12.7. The van der Waals surface area contributed by atoms with Gasteiger partial charge in [0.25, 0.3) is 0 Å². The fourth-order valence-corrected chi connectivity index (χ4v) is 3.53. The van der Waals surface area contributed by atoms with Crippen molar-refractivity contribution in [2.75, 3.05) is 39.8 Å². The van der Waals surface area contributed by atoms with Crippen LogP contribution in [0.2, 0.25) is 0 Å². The van der Waals surface area contributed by atoms with Crippen LogP contribution in [0.3, 0.4) is 0 Å². The van der Waals surface area contributed by atoms with E-state index in [-0.39, 0.29) is 6.04 Å². The molecule has 6 heteroatoms. The minimum Gasteiger partial charge on any atom is -0.497 e. The topological polar surface area (TPSA) is 54.6 Å². The number of nitrogens with zero attached hydrogens (tertiary/aromatic N) is 4. The number of methoxy groups -OCH3 is 1. The highest BCUT2D eigenvalue weighted by Gasteiger charge is 2.31. The lowest BCUT2D eigenvalue weighted by molar-refractivity contribution is 0.0890. The van der Waals surface area contributed by atoms with Gasteiger partial charge in [-0.2, -0.15) is 4.98 Å². The minimum absolute atomic E-state index is 0.207. The van der Waals surface area contributed by atoms with Gasteiger partial charge < -0.3 is 14.2 Å². The summed E-state index contributed by atoms with van der Waals surface area (Å²) in [5.74, 6) is 3.15. The molecule has 1 aromatic heterocycles. The van der Waals surface area contributed by atoms with Crippen LogP contribution >= 0.6 is 0 Å². The molecule has 1 saturated carbocycles. The van der Waals surface area contributed by atoms with Gasteiger partial charge in [0.05, 0.1) is 13.2 Å². The summed E-state index contributed by atoms with van der Waals surface area (Å²) in [5, 5.41) is 4.15. The van der Waals surface area contributed by atoms with Crippen LogP contribution in [-0.2, 0) is 6.42 Å². The van der Waals surface area contributed by atoms with Gasteiger partial charge in [-0.15, -0.1) is 0 Å². The second kappa shape index (κ2) is 7.76. The van der Waals surface area contributed by atoms with E-state index >= 15 is 0 Å². The molecule has 1 atom stereocenters. The van der Waals surface area contributed by atoms with Gasteiger partial charge in [-0.1, -0.05) is 17.3 Å². The Bertz CT molecular complexity index is 703. The summed E-state index contributed by atoms with van der Waals surface area (Å²) >= 11 is 0. The Morgan fingerprint density at radius 2 is 1.88 bits per heavy atom. The van der Waals surface area contributed by atoms with Crippen LogP contribution in [0.25, 0.3) is 0 Å². The first kappa shape index (κ1) is 17.5. The number of hydrogen-bond acceptors (Lipinski definition) is 6. The first-order valence-electron chi connectivity index (χ1n) is 9.66.